The lowest BCUT2D eigenvalue weighted by Gasteiger charge is -2.10. The van der Waals surface area contributed by atoms with Gasteiger partial charge in [-0.15, -0.1) is 11.3 Å². The molecule has 3 rings (SSSR count). The number of benzene rings is 1. The minimum absolute atomic E-state index is 0.404. The predicted molar refractivity (Wildman–Crippen MR) is 114 cm³/mol. The number of esters is 1. The molecule has 6 nitrogen and oxygen atoms in total. The molecule has 0 spiro atoms. The molecule has 27 heavy (non-hydrogen) atoms. The third-order valence-electron chi connectivity index (χ3n) is 3.87. The maximum absolute atomic E-state index is 11.8. The normalized spacial score (nSPS) is 10.8. The van der Waals surface area contributed by atoms with Gasteiger partial charge in [0.1, 0.15) is 4.88 Å². The summed E-state index contributed by atoms with van der Waals surface area (Å²) in [6, 6.07) is 5.66. The average molecular weight is 423 g/mol. The molecular weight excluding hydrogens is 404 g/mol. The molecule has 0 fully saturated rings. The van der Waals surface area contributed by atoms with Crippen molar-refractivity contribution >= 4 is 62.0 Å². The van der Waals surface area contributed by atoms with Crippen LogP contribution in [0, 0.1) is 6.92 Å². The number of carbonyl (C=O) groups excluding carboxylic acids is 1. The van der Waals surface area contributed by atoms with Crippen molar-refractivity contribution in [3.8, 4) is 0 Å². The van der Waals surface area contributed by atoms with Crippen LogP contribution in [0.4, 0.5) is 5.69 Å². The number of aryl methyl sites for hydroxylation is 2. The summed E-state index contributed by atoms with van der Waals surface area (Å²) >= 11 is 12.9. The van der Waals surface area contributed by atoms with E-state index in [9.17, 15) is 4.79 Å². The molecule has 0 radical (unpaired) electrons. The van der Waals surface area contributed by atoms with Crippen LogP contribution in [0.1, 0.15) is 21.7 Å². The Bertz CT molecular complexity index is 983. The second kappa shape index (κ2) is 8.69. The van der Waals surface area contributed by atoms with E-state index in [2.05, 4.69) is 15.7 Å². The lowest BCUT2D eigenvalue weighted by atomic mass is 10.2. The number of nitrogens with one attached hydrogen (secondary N) is 2. The van der Waals surface area contributed by atoms with Gasteiger partial charge in [0.05, 0.1) is 18.3 Å². The standard InChI is InChI=1S/C18H19ClN4O2S2/c1-11-9-21-23(10-11)7-3-6-20-18(26)22-12-4-5-13-14(8-12)27-16(15(13)19)17(24)25-2/h4-5,8-10H,3,6-7H2,1-2H3,(H2,20,22,26). The van der Waals surface area contributed by atoms with Crippen molar-refractivity contribution in [2.75, 3.05) is 19.0 Å². The van der Waals surface area contributed by atoms with Crippen molar-refractivity contribution in [2.24, 2.45) is 0 Å². The van der Waals surface area contributed by atoms with Gasteiger partial charge in [-0.3, -0.25) is 4.68 Å². The summed E-state index contributed by atoms with van der Waals surface area (Å²) in [6.45, 7) is 3.59. The average Bonchev–Trinajstić information content (AvgIpc) is 3.21. The van der Waals surface area contributed by atoms with E-state index in [1.54, 1.807) is 0 Å². The predicted octanol–water partition coefficient (Wildman–Crippen LogP) is 4.22. The molecule has 0 amide bonds. The van der Waals surface area contributed by atoms with E-state index in [1.807, 2.05) is 42.2 Å². The highest BCUT2D eigenvalue weighted by molar-refractivity contribution is 7.80. The van der Waals surface area contributed by atoms with Gasteiger partial charge in [-0.2, -0.15) is 5.10 Å². The van der Waals surface area contributed by atoms with Gasteiger partial charge in [-0.25, -0.2) is 4.79 Å². The highest BCUT2D eigenvalue weighted by atomic mass is 35.5. The number of fused-ring (bicyclic) bond motifs is 1. The number of halogens is 1. The molecule has 0 saturated carbocycles. The Morgan fingerprint density at radius 2 is 2.26 bits per heavy atom. The highest BCUT2D eigenvalue weighted by Gasteiger charge is 2.17. The van der Waals surface area contributed by atoms with E-state index in [0.29, 0.717) is 15.0 Å². The number of rotatable bonds is 6. The minimum Gasteiger partial charge on any atom is -0.465 e. The molecule has 2 N–H and O–H groups in total. The first-order valence-corrected chi connectivity index (χ1v) is 9.92. The molecule has 0 atom stereocenters. The first kappa shape index (κ1) is 19.6. The monoisotopic (exact) mass is 422 g/mol. The van der Waals surface area contributed by atoms with Gasteiger partial charge in [0.25, 0.3) is 0 Å². The van der Waals surface area contributed by atoms with Crippen LogP contribution in [-0.4, -0.2) is 34.5 Å². The fraction of sp³-hybridized carbons (Fsp3) is 0.278. The summed E-state index contributed by atoms with van der Waals surface area (Å²) in [6.07, 6.45) is 4.77. The van der Waals surface area contributed by atoms with Crippen LogP contribution in [0.3, 0.4) is 0 Å². The van der Waals surface area contributed by atoms with E-state index in [4.69, 9.17) is 28.6 Å². The van der Waals surface area contributed by atoms with E-state index in [-0.39, 0.29) is 0 Å². The van der Waals surface area contributed by atoms with E-state index < -0.39 is 5.97 Å². The van der Waals surface area contributed by atoms with Crippen molar-refractivity contribution in [1.29, 1.82) is 0 Å². The summed E-state index contributed by atoms with van der Waals surface area (Å²) < 4.78 is 7.57. The molecule has 0 saturated heterocycles. The van der Waals surface area contributed by atoms with Gasteiger partial charge in [-0.1, -0.05) is 11.6 Å². The molecule has 0 aliphatic heterocycles. The van der Waals surface area contributed by atoms with Crippen LogP contribution >= 0.6 is 35.2 Å². The Morgan fingerprint density at radius 1 is 1.44 bits per heavy atom. The highest BCUT2D eigenvalue weighted by Crippen LogP contribution is 2.37. The van der Waals surface area contributed by atoms with Crippen LogP contribution in [0.5, 0.6) is 0 Å². The number of nitrogens with zero attached hydrogens (tertiary/aromatic N) is 2. The Labute approximate surface area is 171 Å². The molecule has 3 aromatic rings. The smallest absolute Gasteiger partial charge is 0.349 e. The zero-order valence-corrected chi connectivity index (χ0v) is 17.3. The fourth-order valence-corrected chi connectivity index (χ4v) is 4.26. The number of aromatic nitrogens is 2. The maximum Gasteiger partial charge on any atom is 0.349 e. The Kier molecular flexibility index (Phi) is 6.30. The molecular formula is C18H19ClN4O2S2. The molecule has 1 aromatic carbocycles. The Hall–Kier alpha value is -2.16. The first-order valence-electron chi connectivity index (χ1n) is 8.32. The number of methoxy groups -OCH3 is 1. The van der Waals surface area contributed by atoms with E-state index in [0.717, 1.165) is 40.8 Å². The third kappa shape index (κ3) is 4.77. The summed E-state index contributed by atoms with van der Waals surface area (Å²) in [5.41, 5.74) is 1.98. The molecule has 0 aliphatic carbocycles. The number of ether oxygens (including phenoxy) is 1. The summed E-state index contributed by atoms with van der Waals surface area (Å²) in [5, 5.41) is 12.4. The molecule has 0 bridgehead atoms. The van der Waals surface area contributed by atoms with Gasteiger partial charge >= 0.3 is 5.97 Å². The molecule has 2 aromatic heterocycles. The zero-order valence-electron chi connectivity index (χ0n) is 14.9. The van der Waals surface area contributed by atoms with Crippen LogP contribution < -0.4 is 10.6 Å². The summed E-state index contributed by atoms with van der Waals surface area (Å²) in [5.74, 6) is -0.430. The Balaban J connectivity index is 1.55. The quantitative estimate of drug-likeness (QED) is 0.352. The lowest BCUT2D eigenvalue weighted by Crippen LogP contribution is -2.29. The molecule has 0 aliphatic rings. The number of carbonyl (C=O) groups is 1. The van der Waals surface area contributed by atoms with Gasteiger partial charge in [-0.05, 0) is 49.3 Å². The van der Waals surface area contributed by atoms with Gasteiger partial charge < -0.3 is 15.4 Å². The van der Waals surface area contributed by atoms with Crippen LogP contribution in [0.15, 0.2) is 30.6 Å². The summed E-state index contributed by atoms with van der Waals surface area (Å²) in [7, 11) is 1.34. The van der Waals surface area contributed by atoms with Gasteiger partial charge in [0.2, 0.25) is 0 Å². The number of anilines is 1. The summed E-state index contributed by atoms with van der Waals surface area (Å²) in [4.78, 5) is 12.2. The van der Waals surface area contributed by atoms with Crippen molar-refractivity contribution in [3.05, 3.63) is 46.1 Å². The van der Waals surface area contributed by atoms with Crippen molar-refractivity contribution in [1.82, 2.24) is 15.1 Å². The van der Waals surface area contributed by atoms with Crippen LogP contribution in [-0.2, 0) is 11.3 Å². The molecule has 2 heterocycles. The maximum atomic E-state index is 11.8. The minimum atomic E-state index is -0.430. The van der Waals surface area contributed by atoms with Crippen molar-refractivity contribution in [2.45, 2.75) is 19.9 Å². The van der Waals surface area contributed by atoms with E-state index in [1.165, 1.54) is 18.4 Å². The van der Waals surface area contributed by atoms with Gasteiger partial charge in [0, 0.05) is 35.1 Å². The Morgan fingerprint density at radius 3 is 2.96 bits per heavy atom. The largest absolute Gasteiger partial charge is 0.465 e. The van der Waals surface area contributed by atoms with Crippen LogP contribution in [0.25, 0.3) is 10.1 Å². The van der Waals surface area contributed by atoms with E-state index >= 15 is 0 Å². The van der Waals surface area contributed by atoms with Crippen molar-refractivity contribution < 1.29 is 9.53 Å². The van der Waals surface area contributed by atoms with Gasteiger partial charge in [0.15, 0.2) is 5.11 Å². The van der Waals surface area contributed by atoms with Crippen molar-refractivity contribution in [3.63, 3.8) is 0 Å². The lowest BCUT2D eigenvalue weighted by molar-refractivity contribution is 0.0606. The number of thiophene rings is 1. The number of thiocarbonyl (C=S) groups is 1. The second-order valence-electron chi connectivity index (χ2n) is 5.96. The third-order valence-corrected chi connectivity index (χ3v) is 5.75. The number of hydrogen-bond acceptors (Lipinski definition) is 5. The first-order chi connectivity index (χ1) is 13.0. The SMILES string of the molecule is COC(=O)c1sc2cc(NC(=S)NCCCn3cc(C)cn3)ccc2c1Cl. The molecule has 0 unspecified atom stereocenters. The number of hydrogen-bond donors (Lipinski definition) is 2. The zero-order chi connectivity index (χ0) is 19.4. The second-order valence-corrected chi connectivity index (χ2v) is 7.80. The molecule has 9 heteroatoms. The topological polar surface area (TPSA) is 68.2 Å². The fourth-order valence-electron chi connectivity index (χ4n) is 2.57. The van der Waals surface area contributed by atoms with Crippen LogP contribution in [0.2, 0.25) is 5.02 Å². The molecule has 142 valence electrons.